The summed E-state index contributed by atoms with van der Waals surface area (Å²) in [7, 11) is 0. The molecule has 3 N–H and O–H groups in total. The van der Waals surface area contributed by atoms with Gasteiger partial charge in [-0.3, -0.25) is 10.2 Å². The van der Waals surface area contributed by atoms with E-state index in [-0.39, 0.29) is 30.3 Å². The summed E-state index contributed by atoms with van der Waals surface area (Å²) in [6.45, 7) is 7.41. The van der Waals surface area contributed by atoms with Crippen LogP contribution in [-0.2, 0) is 16.0 Å². The zero-order valence-corrected chi connectivity index (χ0v) is 18.2. The second-order valence-electron chi connectivity index (χ2n) is 9.12. The maximum atomic E-state index is 15.0. The number of amides is 2. The molecule has 0 radical (unpaired) electrons. The second-order valence-corrected chi connectivity index (χ2v) is 9.12. The van der Waals surface area contributed by atoms with Gasteiger partial charge in [0.05, 0.1) is 23.1 Å². The smallest absolute Gasteiger partial charge is 0.410 e. The fourth-order valence-corrected chi connectivity index (χ4v) is 3.91. The number of piperazine rings is 1. The van der Waals surface area contributed by atoms with Crippen molar-refractivity contribution < 1.29 is 18.7 Å². The molecule has 9 nitrogen and oxygen atoms in total. The molecule has 1 saturated heterocycles. The molecule has 0 atom stereocenters. The topological polar surface area (TPSA) is 106 Å². The molecular weight excluding hydrogens is 403 g/mol. The van der Waals surface area contributed by atoms with Gasteiger partial charge in [0.15, 0.2) is 0 Å². The highest BCUT2D eigenvalue weighted by Gasteiger charge is 2.31. The molecule has 31 heavy (non-hydrogen) atoms. The molecule has 1 aromatic heterocycles. The summed E-state index contributed by atoms with van der Waals surface area (Å²) >= 11 is 0. The molecule has 10 heteroatoms. The number of hydrogen-bond donors (Lipinski definition) is 2. The van der Waals surface area contributed by atoms with Gasteiger partial charge in [0, 0.05) is 38.3 Å². The Bertz CT molecular complexity index is 1000. The molecule has 0 bridgehead atoms. The monoisotopic (exact) mass is 432 g/mol. The number of nitrogens with one attached hydrogen (secondary N) is 1. The normalized spacial score (nSPS) is 17.2. The van der Waals surface area contributed by atoms with Crippen molar-refractivity contribution in [3.8, 4) is 0 Å². The number of aromatic nitrogens is 2. The van der Waals surface area contributed by atoms with Crippen LogP contribution in [0.15, 0.2) is 12.1 Å². The molecular formula is C21H29FN6O3. The highest BCUT2D eigenvalue weighted by atomic mass is 19.1. The van der Waals surface area contributed by atoms with Gasteiger partial charge in [0.2, 0.25) is 5.91 Å². The van der Waals surface area contributed by atoms with Crippen LogP contribution in [0.25, 0.3) is 11.0 Å². The summed E-state index contributed by atoms with van der Waals surface area (Å²) in [5.74, 6) is 5.11. The first-order valence-corrected chi connectivity index (χ1v) is 10.6. The largest absolute Gasteiger partial charge is 0.444 e. The average Bonchev–Trinajstić information content (AvgIpc) is 3.48. The van der Waals surface area contributed by atoms with Gasteiger partial charge in [-0.25, -0.2) is 20.0 Å². The number of nitrogens with two attached hydrogens (primary N) is 1. The van der Waals surface area contributed by atoms with E-state index in [2.05, 4.69) is 10.4 Å². The van der Waals surface area contributed by atoms with E-state index in [1.165, 1.54) is 6.07 Å². The van der Waals surface area contributed by atoms with Gasteiger partial charge in [-0.15, -0.1) is 0 Å². The third-order valence-corrected chi connectivity index (χ3v) is 5.49. The number of nitrogens with zero attached hydrogens (tertiary/aromatic N) is 4. The van der Waals surface area contributed by atoms with E-state index < -0.39 is 5.60 Å². The molecule has 2 fully saturated rings. The van der Waals surface area contributed by atoms with Crippen LogP contribution in [0.4, 0.5) is 14.9 Å². The molecule has 1 saturated carbocycles. The lowest BCUT2D eigenvalue weighted by atomic mass is 10.2. The maximum absolute atomic E-state index is 15.0. The number of carbonyl (C=O) groups is 2. The van der Waals surface area contributed by atoms with Gasteiger partial charge in [0.25, 0.3) is 0 Å². The van der Waals surface area contributed by atoms with Crippen molar-refractivity contribution in [2.24, 2.45) is 5.84 Å². The summed E-state index contributed by atoms with van der Waals surface area (Å²) < 4.78 is 22.4. The Morgan fingerprint density at radius 1 is 1.23 bits per heavy atom. The maximum Gasteiger partial charge on any atom is 0.410 e. The Kier molecular flexibility index (Phi) is 5.50. The van der Waals surface area contributed by atoms with Crippen LogP contribution in [0.5, 0.6) is 0 Å². The number of carbonyl (C=O) groups excluding carboxylic acids is 2. The second kappa shape index (κ2) is 7.99. The molecule has 2 amide bonds. The lowest BCUT2D eigenvalue weighted by molar-refractivity contribution is -0.120. The fourth-order valence-electron chi connectivity index (χ4n) is 3.91. The van der Waals surface area contributed by atoms with Crippen molar-refractivity contribution in [1.29, 1.82) is 0 Å². The summed E-state index contributed by atoms with van der Waals surface area (Å²) in [6.07, 6.45) is 1.71. The number of halogens is 1. The number of benzene rings is 1. The van der Waals surface area contributed by atoms with Crippen LogP contribution in [0.1, 0.15) is 45.5 Å². The predicted molar refractivity (Wildman–Crippen MR) is 114 cm³/mol. The van der Waals surface area contributed by atoms with Crippen molar-refractivity contribution in [2.75, 3.05) is 31.1 Å². The van der Waals surface area contributed by atoms with Crippen LogP contribution in [0, 0.1) is 5.82 Å². The van der Waals surface area contributed by atoms with Crippen molar-refractivity contribution in [1.82, 2.24) is 19.9 Å². The van der Waals surface area contributed by atoms with Crippen LogP contribution in [-0.4, -0.2) is 58.2 Å². The number of rotatable bonds is 4. The van der Waals surface area contributed by atoms with Gasteiger partial charge >= 0.3 is 6.09 Å². The van der Waals surface area contributed by atoms with E-state index in [1.54, 1.807) is 4.90 Å². The third kappa shape index (κ3) is 4.58. The summed E-state index contributed by atoms with van der Waals surface area (Å²) in [4.78, 5) is 32.2. The third-order valence-electron chi connectivity index (χ3n) is 5.49. The molecule has 2 heterocycles. The fraction of sp³-hybridized carbons (Fsp3) is 0.571. The molecule has 1 aromatic carbocycles. The lowest BCUT2D eigenvalue weighted by Crippen LogP contribution is -2.50. The van der Waals surface area contributed by atoms with Crippen LogP contribution >= 0.6 is 0 Å². The number of ether oxygens (including phenoxy) is 1. The first kappa shape index (κ1) is 21.4. The van der Waals surface area contributed by atoms with Gasteiger partial charge in [-0.2, -0.15) is 0 Å². The highest BCUT2D eigenvalue weighted by Crippen LogP contribution is 2.40. The van der Waals surface area contributed by atoms with Crippen LogP contribution in [0.3, 0.4) is 0 Å². The first-order valence-electron chi connectivity index (χ1n) is 10.6. The van der Waals surface area contributed by atoms with Gasteiger partial charge in [-0.05, 0) is 39.7 Å². The Morgan fingerprint density at radius 3 is 2.48 bits per heavy atom. The van der Waals surface area contributed by atoms with E-state index >= 15 is 0 Å². The van der Waals surface area contributed by atoms with E-state index in [4.69, 9.17) is 10.6 Å². The van der Waals surface area contributed by atoms with Gasteiger partial charge in [-0.1, -0.05) is 0 Å². The zero-order valence-electron chi connectivity index (χ0n) is 18.2. The van der Waals surface area contributed by atoms with E-state index in [9.17, 15) is 14.0 Å². The van der Waals surface area contributed by atoms with Gasteiger partial charge in [0.1, 0.15) is 17.2 Å². The Morgan fingerprint density at radius 2 is 1.90 bits per heavy atom. The SMILES string of the molecule is CC(C)(C)OC(=O)N1CCN(c2cc3c(cc2F)nc(CC(=O)NN)n3C2CC2)CC1. The Balaban J connectivity index is 1.56. The molecule has 2 aliphatic rings. The predicted octanol–water partition coefficient (Wildman–Crippen LogP) is 2.10. The van der Waals surface area contributed by atoms with Crippen molar-refractivity contribution in [2.45, 2.75) is 51.7 Å². The van der Waals surface area contributed by atoms with E-state index in [1.807, 2.05) is 36.3 Å². The summed E-state index contributed by atoms with van der Waals surface area (Å²) in [5.41, 5.74) is 3.40. The molecule has 2 aromatic rings. The number of anilines is 1. The van der Waals surface area contributed by atoms with Crippen LogP contribution < -0.4 is 16.2 Å². The minimum Gasteiger partial charge on any atom is -0.444 e. The Hall–Kier alpha value is -2.88. The average molecular weight is 433 g/mol. The van der Waals surface area contributed by atoms with Crippen molar-refractivity contribution in [3.63, 3.8) is 0 Å². The molecule has 0 spiro atoms. The number of imidazole rings is 1. The molecule has 168 valence electrons. The quantitative estimate of drug-likeness (QED) is 0.435. The van der Waals surface area contributed by atoms with Crippen molar-refractivity contribution in [3.05, 3.63) is 23.8 Å². The van der Waals surface area contributed by atoms with Crippen LogP contribution in [0.2, 0.25) is 0 Å². The molecule has 0 unspecified atom stereocenters. The Labute approximate surface area is 180 Å². The van der Waals surface area contributed by atoms with Gasteiger partial charge < -0.3 is 19.1 Å². The van der Waals surface area contributed by atoms with E-state index in [0.717, 1.165) is 18.4 Å². The molecule has 1 aliphatic carbocycles. The minimum absolute atomic E-state index is 0.0488. The number of fused-ring (bicyclic) bond motifs is 1. The first-order chi connectivity index (χ1) is 14.7. The summed E-state index contributed by atoms with van der Waals surface area (Å²) in [6, 6.07) is 3.50. The molecule has 1 aliphatic heterocycles. The van der Waals surface area contributed by atoms with E-state index in [0.29, 0.717) is 43.2 Å². The zero-order chi connectivity index (χ0) is 22.3. The standard InChI is InChI=1S/C21H29FN6O3/c1-21(2,3)31-20(30)27-8-6-26(7-9-27)16-11-17-15(10-14(16)22)24-18(12-19(29)25-23)28(17)13-4-5-13/h10-11,13H,4-9,12,23H2,1-3H3,(H,25,29). The lowest BCUT2D eigenvalue weighted by Gasteiger charge is -2.36. The van der Waals surface area contributed by atoms with Crippen molar-refractivity contribution >= 4 is 28.7 Å². The highest BCUT2D eigenvalue weighted by molar-refractivity contribution is 5.84. The summed E-state index contributed by atoms with van der Waals surface area (Å²) in [5, 5.41) is 0. The number of hydrazine groups is 1. The number of hydrogen-bond acceptors (Lipinski definition) is 6. The minimum atomic E-state index is -0.551. The molecule has 4 rings (SSSR count).